The molecule has 2 N–H and O–H groups in total. The van der Waals surface area contributed by atoms with Gasteiger partial charge in [0.1, 0.15) is 5.82 Å². The van der Waals surface area contributed by atoms with E-state index in [-0.39, 0.29) is 0 Å². The molecule has 0 aliphatic heterocycles. The van der Waals surface area contributed by atoms with Crippen LogP contribution in [0.3, 0.4) is 0 Å². The zero-order valence-electron chi connectivity index (χ0n) is 14.0. The van der Waals surface area contributed by atoms with Gasteiger partial charge in [-0.25, -0.2) is 19.5 Å². The molecular formula is C18H19N7. The van der Waals surface area contributed by atoms with Crippen molar-refractivity contribution in [1.29, 1.82) is 0 Å². The van der Waals surface area contributed by atoms with E-state index in [2.05, 4.69) is 37.8 Å². The maximum atomic E-state index is 4.72. The van der Waals surface area contributed by atoms with E-state index >= 15 is 0 Å². The minimum absolute atomic E-state index is 0.655. The monoisotopic (exact) mass is 333 g/mol. The molecule has 25 heavy (non-hydrogen) atoms. The second-order valence-electron chi connectivity index (χ2n) is 5.81. The molecule has 0 radical (unpaired) electrons. The van der Waals surface area contributed by atoms with Crippen LogP contribution in [0.5, 0.6) is 0 Å². The topological polar surface area (TPSA) is 80.0 Å². The van der Waals surface area contributed by atoms with Crippen LogP contribution in [-0.2, 0) is 0 Å². The smallest absolute Gasteiger partial charge is 0.222 e. The van der Waals surface area contributed by atoms with Crippen LogP contribution in [-0.4, -0.2) is 37.7 Å². The highest BCUT2D eigenvalue weighted by Gasteiger charge is 2.09. The molecule has 3 aromatic heterocycles. The van der Waals surface area contributed by atoms with Crippen LogP contribution < -0.4 is 10.6 Å². The number of hydrogen-bond donors (Lipinski definition) is 2. The van der Waals surface area contributed by atoms with Gasteiger partial charge >= 0.3 is 0 Å². The van der Waals surface area contributed by atoms with Crippen molar-refractivity contribution >= 4 is 28.3 Å². The van der Waals surface area contributed by atoms with Gasteiger partial charge in [-0.3, -0.25) is 0 Å². The molecule has 0 saturated heterocycles. The molecule has 4 aromatic rings. The maximum Gasteiger partial charge on any atom is 0.222 e. The number of hydrogen-bond acceptors (Lipinski definition) is 6. The van der Waals surface area contributed by atoms with Gasteiger partial charge in [-0.15, -0.1) is 0 Å². The molecule has 4 rings (SSSR count). The lowest BCUT2D eigenvalue weighted by atomic mass is 10.2. The number of aryl methyl sites for hydroxylation is 1. The lowest BCUT2D eigenvalue weighted by Crippen LogP contribution is -2.12. The fraction of sp³-hybridized carbons (Fsp3) is 0.222. The molecule has 1 aromatic carbocycles. The number of nitrogens with one attached hydrogen (secondary N) is 2. The first-order valence-electron chi connectivity index (χ1n) is 8.31. The highest BCUT2D eigenvalue weighted by Crippen LogP contribution is 2.23. The number of aromatic nitrogens is 5. The van der Waals surface area contributed by atoms with Crippen molar-refractivity contribution in [3.8, 4) is 0 Å². The Morgan fingerprint density at radius 3 is 2.68 bits per heavy atom. The van der Waals surface area contributed by atoms with Gasteiger partial charge in [0, 0.05) is 36.9 Å². The van der Waals surface area contributed by atoms with E-state index in [9.17, 15) is 0 Å². The Morgan fingerprint density at radius 2 is 1.80 bits per heavy atom. The standard InChI is InChI=1S/C18H19N7/c1-13-12-16-23-17(14-6-2-3-7-15(14)25(16)24-13)19-8-4-9-20-18-21-10-5-11-22-18/h2-3,5-7,10-12H,4,8-9H2,1H3,(H,19,23)(H,20,21,22). The highest BCUT2D eigenvalue weighted by atomic mass is 15.3. The zero-order valence-corrected chi connectivity index (χ0v) is 14.0. The predicted molar refractivity (Wildman–Crippen MR) is 98.9 cm³/mol. The second-order valence-corrected chi connectivity index (χ2v) is 5.81. The first-order chi connectivity index (χ1) is 12.3. The zero-order chi connectivity index (χ0) is 17.1. The molecule has 126 valence electrons. The summed E-state index contributed by atoms with van der Waals surface area (Å²) in [5.41, 5.74) is 2.87. The highest BCUT2D eigenvalue weighted by molar-refractivity contribution is 5.91. The van der Waals surface area contributed by atoms with Crippen molar-refractivity contribution < 1.29 is 0 Å². The Kier molecular flexibility index (Phi) is 4.12. The van der Waals surface area contributed by atoms with E-state index in [0.717, 1.165) is 47.6 Å². The van der Waals surface area contributed by atoms with Crippen molar-refractivity contribution in [2.75, 3.05) is 23.7 Å². The van der Waals surface area contributed by atoms with E-state index in [1.54, 1.807) is 18.5 Å². The maximum absolute atomic E-state index is 4.72. The number of rotatable bonds is 6. The van der Waals surface area contributed by atoms with E-state index < -0.39 is 0 Å². The third-order valence-corrected chi connectivity index (χ3v) is 3.92. The summed E-state index contributed by atoms with van der Waals surface area (Å²) in [6, 6.07) is 12.0. The Balaban J connectivity index is 1.47. The average molecular weight is 333 g/mol. The van der Waals surface area contributed by atoms with Gasteiger partial charge < -0.3 is 10.6 Å². The third-order valence-electron chi connectivity index (χ3n) is 3.92. The van der Waals surface area contributed by atoms with Gasteiger partial charge in [-0.05, 0) is 31.5 Å². The number of para-hydroxylation sites is 1. The van der Waals surface area contributed by atoms with Crippen LogP contribution in [0, 0.1) is 6.92 Å². The van der Waals surface area contributed by atoms with E-state index in [1.807, 2.05) is 29.6 Å². The first-order valence-corrected chi connectivity index (χ1v) is 8.31. The van der Waals surface area contributed by atoms with Crippen molar-refractivity contribution in [2.24, 2.45) is 0 Å². The van der Waals surface area contributed by atoms with Crippen molar-refractivity contribution in [3.05, 3.63) is 54.5 Å². The van der Waals surface area contributed by atoms with Crippen LogP contribution >= 0.6 is 0 Å². The van der Waals surface area contributed by atoms with Gasteiger partial charge in [-0.2, -0.15) is 5.10 Å². The Bertz CT molecular complexity index is 994. The summed E-state index contributed by atoms with van der Waals surface area (Å²) in [6.45, 7) is 3.58. The molecule has 0 spiro atoms. The van der Waals surface area contributed by atoms with E-state index in [0.29, 0.717) is 5.95 Å². The van der Waals surface area contributed by atoms with Crippen molar-refractivity contribution in [2.45, 2.75) is 13.3 Å². The molecule has 0 saturated carbocycles. The summed E-state index contributed by atoms with van der Waals surface area (Å²) < 4.78 is 1.89. The Labute approximate surface area is 145 Å². The summed E-state index contributed by atoms with van der Waals surface area (Å²) in [5, 5.41) is 12.2. The molecule has 0 atom stereocenters. The minimum atomic E-state index is 0.655. The number of benzene rings is 1. The largest absolute Gasteiger partial charge is 0.369 e. The Morgan fingerprint density at radius 1 is 1.00 bits per heavy atom. The normalized spacial score (nSPS) is 11.1. The Hall–Kier alpha value is -3.22. The number of fused-ring (bicyclic) bond motifs is 3. The molecule has 0 amide bonds. The summed E-state index contributed by atoms with van der Waals surface area (Å²) >= 11 is 0. The molecule has 0 bridgehead atoms. The van der Waals surface area contributed by atoms with Crippen LogP contribution in [0.4, 0.5) is 11.8 Å². The van der Waals surface area contributed by atoms with Crippen molar-refractivity contribution in [3.63, 3.8) is 0 Å². The van der Waals surface area contributed by atoms with E-state index in [1.165, 1.54) is 0 Å². The van der Waals surface area contributed by atoms with Gasteiger partial charge in [0.05, 0.1) is 11.2 Å². The number of anilines is 2. The molecule has 0 aliphatic rings. The summed E-state index contributed by atoms with van der Waals surface area (Å²) in [7, 11) is 0. The predicted octanol–water partition coefficient (Wildman–Crippen LogP) is 2.90. The summed E-state index contributed by atoms with van der Waals surface area (Å²) in [5.74, 6) is 1.54. The SMILES string of the molecule is Cc1cc2nc(NCCCNc3ncccn3)c3ccccc3n2n1. The van der Waals surface area contributed by atoms with Crippen molar-refractivity contribution in [1.82, 2.24) is 24.6 Å². The molecule has 3 heterocycles. The molecule has 7 heteroatoms. The summed E-state index contributed by atoms with van der Waals surface area (Å²) in [4.78, 5) is 13.0. The van der Waals surface area contributed by atoms with Gasteiger partial charge in [0.25, 0.3) is 0 Å². The molecule has 0 unspecified atom stereocenters. The minimum Gasteiger partial charge on any atom is -0.369 e. The van der Waals surface area contributed by atoms with Crippen LogP contribution in [0.2, 0.25) is 0 Å². The molecule has 7 nitrogen and oxygen atoms in total. The fourth-order valence-corrected chi connectivity index (χ4v) is 2.80. The van der Waals surface area contributed by atoms with E-state index in [4.69, 9.17) is 4.98 Å². The molecular weight excluding hydrogens is 314 g/mol. The quantitative estimate of drug-likeness (QED) is 0.528. The lowest BCUT2D eigenvalue weighted by Gasteiger charge is -2.10. The van der Waals surface area contributed by atoms with Crippen LogP contribution in [0.1, 0.15) is 12.1 Å². The molecule has 0 aliphatic carbocycles. The third kappa shape index (κ3) is 3.21. The van der Waals surface area contributed by atoms with Gasteiger partial charge in [0.2, 0.25) is 5.95 Å². The fourth-order valence-electron chi connectivity index (χ4n) is 2.80. The van der Waals surface area contributed by atoms with Gasteiger partial charge in [0.15, 0.2) is 5.65 Å². The van der Waals surface area contributed by atoms with Gasteiger partial charge in [-0.1, -0.05) is 12.1 Å². The molecule has 0 fully saturated rings. The lowest BCUT2D eigenvalue weighted by molar-refractivity contribution is 0.889. The van der Waals surface area contributed by atoms with Crippen LogP contribution in [0.25, 0.3) is 16.6 Å². The first kappa shape index (κ1) is 15.3. The number of nitrogens with zero attached hydrogens (tertiary/aromatic N) is 5. The average Bonchev–Trinajstić information content (AvgIpc) is 3.03. The van der Waals surface area contributed by atoms with Crippen LogP contribution in [0.15, 0.2) is 48.8 Å². The summed E-state index contributed by atoms with van der Waals surface area (Å²) in [6.07, 6.45) is 4.39. The second kappa shape index (κ2) is 6.72.